The van der Waals surface area contributed by atoms with E-state index < -0.39 is 0 Å². The van der Waals surface area contributed by atoms with Crippen molar-refractivity contribution in [2.45, 2.75) is 18.9 Å². The highest BCUT2D eigenvalue weighted by molar-refractivity contribution is 6.05. The number of amides is 2. The quantitative estimate of drug-likeness (QED) is 0.791. The van der Waals surface area contributed by atoms with Gasteiger partial charge in [-0.2, -0.15) is 0 Å². The van der Waals surface area contributed by atoms with Crippen LogP contribution < -0.4 is 10.6 Å². The molecule has 0 radical (unpaired) electrons. The van der Waals surface area contributed by atoms with Crippen molar-refractivity contribution in [3.63, 3.8) is 0 Å². The van der Waals surface area contributed by atoms with E-state index in [0.29, 0.717) is 17.9 Å². The smallest absolute Gasteiger partial charge is 0.268 e. The normalized spacial score (nSPS) is 17.3. The van der Waals surface area contributed by atoms with Crippen molar-refractivity contribution < 1.29 is 18.7 Å². The van der Waals surface area contributed by atoms with Crippen LogP contribution in [0, 0.1) is 0 Å². The lowest BCUT2D eigenvalue weighted by atomic mass is 10.2. The Morgan fingerprint density at radius 2 is 2.00 bits per heavy atom. The summed E-state index contributed by atoms with van der Waals surface area (Å²) in [6, 6.07) is 12.2. The average Bonchev–Trinajstić information content (AvgIpc) is 3.33. The fraction of sp³-hybridized carbons (Fsp3) is 0.263. The van der Waals surface area contributed by atoms with Crippen molar-refractivity contribution in [2.24, 2.45) is 0 Å². The maximum Gasteiger partial charge on any atom is 0.268 e. The lowest BCUT2D eigenvalue weighted by molar-refractivity contribution is -0.118. The van der Waals surface area contributed by atoms with Gasteiger partial charge in [-0.05, 0) is 37.1 Å². The fourth-order valence-electron chi connectivity index (χ4n) is 2.57. The van der Waals surface area contributed by atoms with Crippen molar-refractivity contribution in [1.82, 2.24) is 10.6 Å². The van der Waals surface area contributed by atoms with Gasteiger partial charge in [0, 0.05) is 24.8 Å². The zero-order chi connectivity index (χ0) is 17.5. The number of hydrogen-bond donors (Lipinski definition) is 2. The zero-order valence-corrected chi connectivity index (χ0v) is 13.7. The first-order valence-electron chi connectivity index (χ1n) is 8.24. The number of furan rings is 1. The molecule has 0 bridgehead atoms. The summed E-state index contributed by atoms with van der Waals surface area (Å²) in [5.74, 6) is -0.252. The predicted octanol–water partition coefficient (Wildman–Crippen LogP) is 2.35. The molecule has 130 valence electrons. The summed E-state index contributed by atoms with van der Waals surface area (Å²) < 4.78 is 10.7. The first kappa shape index (κ1) is 17.0. The van der Waals surface area contributed by atoms with Crippen molar-refractivity contribution in [1.29, 1.82) is 0 Å². The topological polar surface area (TPSA) is 80.6 Å². The molecule has 1 atom stereocenters. The number of hydrogen-bond acceptors (Lipinski definition) is 4. The van der Waals surface area contributed by atoms with Crippen molar-refractivity contribution >= 4 is 17.9 Å². The third-order valence-corrected chi connectivity index (χ3v) is 3.87. The lowest BCUT2D eigenvalue weighted by Gasteiger charge is -2.13. The molecule has 6 nitrogen and oxygen atoms in total. The van der Waals surface area contributed by atoms with Crippen molar-refractivity contribution in [3.05, 3.63) is 65.7 Å². The van der Waals surface area contributed by atoms with Gasteiger partial charge in [-0.3, -0.25) is 9.59 Å². The number of carbonyl (C=O) groups excluding carboxylic acids is 2. The van der Waals surface area contributed by atoms with Gasteiger partial charge in [0.1, 0.15) is 11.5 Å². The van der Waals surface area contributed by atoms with E-state index in [1.54, 1.807) is 36.4 Å². The van der Waals surface area contributed by atoms with E-state index in [1.807, 2.05) is 6.07 Å². The van der Waals surface area contributed by atoms with Crippen LogP contribution in [0.25, 0.3) is 6.08 Å². The molecule has 0 saturated carbocycles. The summed E-state index contributed by atoms with van der Waals surface area (Å²) >= 11 is 0. The molecule has 6 heteroatoms. The van der Waals surface area contributed by atoms with Crippen molar-refractivity contribution in [3.8, 4) is 0 Å². The van der Waals surface area contributed by atoms with Crippen LogP contribution in [-0.4, -0.2) is 31.1 Å². The Kier molecular flexibility index (Phi) is 5.64. The Morgan fingerprint density at radius 1 is 1.16 bits per heavy atom. The number of rotatable bonds is 6. The van der Waals surface area contributed by atoms with Crippen LogP contribution >= 0.6 is 0 Å². The molecule has 1 aromatic heterocycles. The molecule has 0 spiro atoms. The second kappa shape index (κ2) is 8.30. The summed E-state index contributed by atoms with van der Waals surface area (Å²) in [7, 11) is 0. The molecule has 2 aromatic rings. The minimum atomic E-state index is -0.379. The Hall–Kier alpha value is -2.86. The van der Waals surface area contributed by atoms with Gasteiger partial charge in [-0.15, -0.1) is 0 Å². The van der Waals surface area contributed by atoms with Gasteiger partial charge in [0.2, 0.25) is 0 Å². The third-order valence-electron chi connectivity index (χ3n) is 3.87. The Labute approximate surface area is 145 Å². The molecule has 2 amide bonds. The third kappa shape index (κ3) is 4.81. The van der Waals surface area contributed by atoms with Crippen LogP contribution in [0.3, 0.4) is 0 Å². The molecule has 3 rings (SSSR count). The highest BCUT2D eigenvalue weighted by Gasteiger charge is 2.19. The molecule has 2 N–H and O–H groups in total. The van der Waals surface area contributed by atoms with Gasteiger partial charge in [0.25, 0.3) is 11.8 Å². The van der Waals surface area contributed by atoms with E-state index in [1.165, 1.54) is 12.3 Å². The molecular formula is C19H20N2O4. The number of benzene rings is 1. The molecule has 25 heavy (non-hydrogen) atoms. The highest BCUT2D eigenvalue weighted by Crippen LogP contribution is 2.11. The number of nitrogens with one attached hydrogen (secondary N) is 2. The average molecular weight is 340 g/mol. The van der Waals surface area contributed by atoms with Gasteiger partial charge in [0.15, 0.2) is 0 Å². The maximum atomic E-state index is 12.5. The van der Waals surface area contributed by atoms with E-state index >= 15 is 0 Å². The molecule has 1 fully saturated rings. The van der Waals surface area contributed by atoms with Gasteiger partial charge in [0.05, 0.1) is 12.4 Å². The van der Waals surface area contributed by atoms with Gasteiger partial charge >= 0.3 is 0 Å². The predicted molar refractivity (Wildman–Crippen MR) is 92.6 cm³/mol. The molecule has 0 unspecified atom stereocenters. The van der Waals surface area contributed by atoms with Crippen LogP contribution in [-0.2, 0) is 9.53 Å². The lowest BCUT2D eigenvalue weighted by Crippen LogP contribution is -2.38. The minimum Gasteiger partial charge on any atom is -0.465 e. The van der Waals surface area contributed by atoms with E-state index in [0.717, 1.165) is 19.4 Å². The highest BCUT2D eigenvalue weighted by atomic mass is 16.5. The number of ether oxygens (including phenoxy) is 1. The molecule has 1 aliphatic heterocycles. The largest absolute Gasteiger partial charge is 0.465 e. The van der Waals surface area contributed by atoms with Crippen molar-refractivity contribution in [2.75, 3.05) is 13.2 Å². The maximum absolute atomic E-state index is 12.5. The summed E-state index contributed by atoms with van der Waals surface area (Å²) in [4.78, 5) is 24.9. The van der Waals surface area contributed by atoms with Crippen LogP contribution in [0.4, 0.5) is 0 Å². The summed E-state index contributed by atoms with van der Waals surface area (Å²) in [6.07, 6.45) is 4.96. The molecule has 2 heterocycles. The van der Waals surface area contributed by atoms with E-state index in [-0.39, 0.29) is 23.6 Å². The number of carbonyl (C=O) groups is 2. The standard InChI is InChI=1S/C19H20N2O4/c22-18(14-6-2-1-3-7-14)21-17(12-15-8-4-10-24-15)19(23)20-13-16-9-5-11-25-16/h1-4,6-8,10,12,16H,5,9,11,13H2,(H,20,23)(H,21,22)/b17-12+/t16-/m1/s1. The Balaban J connectivity index is 1.70. The van der Waals surface area contributed by atoms with E-state index in [2.05, 4.69) is 10.6 Å². The molecule has 1 saturated heterocycles. The van der Waals surface area contributed by atoms with Crippen LogP contribution in [0.1, 0.15) is 29.0 Å². The van der Waals surface area contributed by atoms with Crippen LogP contribution in [0.2, 0.25) is 0 Å². The first-order chi connectivity index (χ1) is 12.2. The fourth-order valence-corrected chi connectivity index (χ4v) is 2.57. The second-order valence-corrected chi connectivity index (χ2v) is 5.74. The monoisotopic (exact) mass is 340 g/mol. The second-order valence-electron chi connectivity index (χ2n) is 5.74. The molecule has 1 aliphatic rings. The molecular weight excluding hydrogens is 320 g/mol. The molecule has 0 aliphatic carbocycles. The summed E-state index contributed by atoms with van der Waals surface area (Å²) in [5, 5.41) is 5.46. The minimum absolute atomic E-state index is 0.0265. The zero-order valence-electron chi connectivity index (χ0n) is 13.7. The Bertz CT molecular complexity index is 732. The van der Waals surface area contributed by atoms with Gasteiger partial charge in [-0.25, -0.2) is 0 Å². The first-order valence-corrected chi connectivity index (χ1v) is 8.24. The van der Waals surface area contributed by atoms with Crippen LogP contribution in [0.5, 0.6) is 0 Å². The summed E-state index contributed by atoms with van der Waals surface area (Å²) in [5.41, 5.74) is 0.599. The Morgan fingerprint density at radius 3 is 2.68 bits per heavy atom. The SMILES string of the molecule is O=C(NC[C@H]1CCCO1)/C(=C\c1ccco1)NC(=O)c1ccccc1. The van der Waals surface area contributed by atoms with Gasteiger partial charge < -0.3 is 19.8 Å². The van der Waals surface area contributed by atoms with E-state index in [9.17, 15) is 9.59 Å². The van der Waals surface area contributed by atoms with Gasteiger partial charge in [-0.1, -0.05) is 18.2 Å². The van der Waals surface area contributed by atoms with Crippen LogP contribution in [0.15, 0.2) is 58.8 Å². The van der Waals surface area contributed by atoms with E-state index in [4.69, 9.17) is 9.15 Å². The molecule has 1 aromatic carbocycles. The summed E-state index contributed by atoms with van der Waals surface area (Å²) in [6.45, 7) is 1.13.